The van der Waals surface area contributed by atoms with Gasteiger partial charge in [-0.1, -0.05) is 26.8 Å². The number of H-pyrrole nitrogens is 1. The summed E-state index contributed by atoms with van der Waals surface area (Å²) in [5.74, 6) is -1.87. The summed E-state index contributed by atoms with van der Waals surface area (Å²) in [6.07, 6.45) is 5.66. The number of halogens is 1. The topological polar surface area (TPSA) is 141 Å². The fraction of sp³-hybridized carbons (Fsp3) is 0.433. The third-order valence-corrected chi connectivity index (χ3v) is 6.63. The highest BCUT2D eigenvalue weighted by Gasteiger charge is 2.23. The fourth-order valence-corrected chi connectivity index (χ4v) is 4.54. The number of carboxylic acid groups (broad SMARTS) is 1. The van der Waals surface area contributed by atoms with E-state index in [9.17, 15) is 28.7 Å². The zero-order valence-corrected chi connectivity index (χ0v) is 24.9. The molecule has 3 rings (SSSR count). The quantitative estimate of drug-likeness (QED) is 0.291. The summed E-state index contributed by atoms with van der Waals surface area (Å²) >= 11 is 0. The summed E-state index contributed by atoms with van der Waals surface area (Å²) < 4.78 is 15.7. The Morgan fingerprint density at radius 1 is 1.19 bits per heavy atom. The Morgan fingerprint density at radius 2 is 1.90 bits per heavy atom. The number of benzene rings is 1. The molecule has 0 radical (unpaired) electrons. The Morgan fingerprint density at radius 3 is 2.55 bits per heavy atom. The van der Waals surface area contributed by atoms with Gasteiger partial charge in [0.2, 0.25) is 11.8 Å². The van der Waals surface area contributed by atoms with Gasteiger partial charge in [-0.2, -0.15) is 0 Å². The molecule has 3 N–H and O–H groups in total. The van der Waals surface area contributed by atoms with Crippen molar-refractivity contribution in [2.75, 3.05) is 33.0 Å². The minimum Gasteiger partial charge on any atom is -0.465 e. The SMILES string of the molecule is CN(C)C(=O)/C=C/CC[C@@H](CN(C)C(=O)O)C(=O)Nc1cncn(Cc2cc3cc(F)cc(CC(C)(C)C)c3[nH]2)c1=O. The van der Waals surface area contributed by atoms with E-state index in [1.54, 1.807) is 26.2 Å². The van der Waals surface area contributed by atoms with Crippen LogP contribution in [-0.2, 0) is 22.6 Å². The number of nitrogens with zero attached hydrogens (tertiary/aromatic N) is 4. The first-order valence-corrected chi connectivity index (χ1v) is 13.6. The number of hydrogen-bond acceptors (Lipinski definition) is 5. The number of amides is 3. The summed E-state index contributed by atoms with van der Waals surface area (Å²) in [5, 5.41) is 12.6. The maximum atomic E-state index is 14.3. The molecule has 0 unspecified atom stereocenters. The Balaban J connectivity index is 1.80. The number of carbonyl (C=O) groups is 3. The number of carbonyl (C=O) groups excluding carboxylic acids is 2. The van der Waals surface area contributed by atoms with Gasteiger partial charge in [0.15, 0.2) is 0 Å². The van der Waals surface area contributed by atoms with Gasteiger partial charge in [-0.15, -0.1) is 0 Å². The van der Waals surface area contributed by atoms with Gasteiger partial charge < -0.3 is 25.2 Å². The van der Waals surface area contributed by atoms with E-state index in [4.69, 9.17) is 0 Å². The zero-order chi connectivity index (χ0) is 31.2. The number of hydrogen-bond donors (Lipinski definition) is 3. The van der Waals surface area contributed by atoms with Crippen LogP contribution >= 0.6 is 0 Å². The van der Waals surface area contributed by atoms with E-state index >= 15 is 0 Å². The van der Waals surface area contributed by atoms with Crippen LogP contribution in [0.5, 0.6) is 0 Å². The lowest BCUT2D eigenvalue weighted by molar-refractivity contribution is -0.123. The van der Waals surface area contributed by atoms with E-state index in [0.717, 1.165) is 16.0 Å². The summed E-state index contributed by atoms with van der Waals surface area (Å²) in [6, 6.07) is 4.75. The van der Waals surface area contributed by atoms with E-state index < -0.39 is 23.5 Å². The average Bonchev–Trinajstić information content (AvgIpc) is 3.29. The largest absolute Gasteiger partial charge is 0.465 e. The molecule has 226 valence electrons. The molecule has 1 atom stereocenters. The van der Waals surface area contributed by atoms with Crippen molar-refractivity contribution in [3.8, 4) is 0 Å². The maximum absolute atomic E-state index is 14.3. The first kappa shape index (κ1) is 32.0. The lowest BCUT2D eigenvalue weighted by Gasteiger charge is -2.21. The molecule has 0 spiro atoms. The van der Waals surface area contributed by atoms with Crippen molar-refractivity contribution in [3.05, 3.63) is 70.3 Å². The third-order valence-electron chi connectivity index (χ3n) is 6.63. The Labute approximate surface area is 244 Å². The normalized spacial score (nSPS) is 12.5. The molecule has 2 heterocycles. The molecule has 2 aromatic heterocycles. The van der Waals surface area contributed by atoms with E-state index in [2.05, 4.69) is 36.1 Å². The second-order valence-electron chi connectivity index (χ2n) is 11.9. The van der Waals surface area contributed by atoms with E-state index in [0.29, 0.717) is 23.9 Å². The zero-order valence-electron chi connectivity index (χ0n) is 24.9. The van der Waals surface area contributed by atoms with Crippen LogP contribution in [0.4, 0.5) is 14.9 Å². The molecule has 0 saturated heterocycles. The molecular formula is C30H39FN6O5. The number of allylic oxidation sites excluding steroid dienone is 1. The number of anilines is 1. The van der Waals surface area contributed by atoms with Crippen molar-refractivity contribution < 1.29 is 23.9 Å². The lowest BCUT2D eigenvalue weighted by Crippen LogP contribution is -2.37. The molecule has 0 aliphatic rings. The highest BCUT2D eigenvalue weighted by atomic mass is 19.1. The standard InChI is InChI=1S/C30H39FN6O5/c1-30(2,3)14-21-12-22(31)11-20-13-23(33-26(20)21)17-37-18-32-15-24(28(37)40)34-27(39)19(16-36(6)29(41)42)9-7-8-10-25(38)35(4)5/h8,10-13,15,18-19,33H,7,9,14,16-17H2,1-6H3,(H,34,39)(H,41,42)/b10-8+/t19-/m0/s1. The number of aromatic nitrogens is 3. The molecule has 3 aromatic rings. The maximum Gasteiger partial charge on any atom is 0.407 e. The predicted octanol–water partition coefficient (Wildman–Crippen LogP) is 4.09. The van der Waals surface area contributed by atoms with Gasteiger partial charge in [-0.05, 0) is 54.5 Å². The molecule has 1 aromatic carbocycles. The summed E-state index contributed by atoms with van der Waals surface area (Å²) in [7, 11) is 4.59. The molecular weight excluding hydrogens is 543 g/mol. The first-order valence-electron chi connectivity index (χ1n) is 13.6. The van der Waals surface area contributed by atoms with Crippen LogP contribution in [0.25, 0.3) is 10.9 Å². The van der Waals surface area contributed by atoms with Crippen molar-refractivity contribution in [3.63, 3.8) is 0 Å². The van der Waals surface area contributed by atoms with E-state index in [1.165, 1.54) is 47.2 Å². The molecule has 0 aliphatic heterocycles. The van der Waals surface area contributed by atoms with Gasteiger partial charge >= 0.3 is 6.09 Å². The molecule has 0 aliphatic carbocycles. The van der Waals surface area contributed by atoms with Crippen LogP contribution in [0.15, 0.2) is 47.7 Å². The van der Waals surface area contributed by atoms with Crippen LogP contribution in [0.2, 0.25) is 0 Å². The Bertz CT molecular complexity index is 1540. The third kappa shape index (κ3) is 8.76. The van der Waals surface area contributed by atoms with Crippen LogP contribution < -0.4 is 10.9 Å². The first-order chi connectivity index (χ1) is 19.6. The molecule has 42 heavy (non-hydrogen) atoms. The summed E-state index contributed by atoms with van der Waals surface area (Å²) in [4.78, 5) is 59.4. The monoisotopic (exact) mass is 582 g/mol. The number of likely N-dealkylation sites (N-methyl/N-ethyl adjacent to an activating group) is 1. The Kier molecular flexibility index (Phi) is 10.3. The van der Waals surface area contributed by atoms with E-state index in [-0.39, 0.29) is 42.3 Å². The number of nitrogens with one attached hydrogen (secondary N) is 2. The highest BCUT2D eigenvalue weighted by molar-refractivity contribution is 5.92. The minimum atomic E-state index is -1.20. The van der Waals surface area contributed by atoms with Gasteiger partial charge in [0, 0.05) is 44.3 Å². The van der Waals surface area contributed by atoms with Gasteiger partial charge in [0.05, 0.1) is 25.0 Å². The van der Waals surface area contributed by atoms with Gasteiger partial charge in [-0.25, -0.2) is 14.2 Å². The fourth-order valence-electron chi connectivity index (χ4n) is 4.54. The second kappa shape index (κ2) is 13.5. The van der Waals surface area contributed by atoms with Crippen molar-refractivity contribution in [2.24, 2.45) is 11.3 Å². The average molecular weight is 583 g/mol. The minimum absolute atomic E-state index is 0.0561. The van der Waals surface area contributed by atoms with E-state index in [1.807, 2.05) is 0 Å². The lowest BCUT2D eigenvalue weighted by atomic mass is 9.87. The number of rotatable bonds is 11. The second-order valence-corrected chi connectivity index (χ2v) is 11.9. The van der Waals surface area contributed by atoms with Crippen LogP contribution in [0.1, 0.15) is 44.9 Å². The summed E-state index contributed by atoms with van der Waals surface area (Å²) in [5.41, 5.74) is 1.70. The van der Waals surface area contributed by atoms with Crippen LogP contribution in [0.3, 0.4) is 0 Å². The van der Waals surface area contributed by atoms with Crippen LogP contribution in [-0.4, -0.2) is 75.0 Å². The molecule has 12 heteroatoms. The molecule has 11 nitrogen and oxygen atoms in total. The van der Waals surface area contributed by atoms with Crippen LogP contribution in [0, 0.1) is 17.2 Å². The van der Waals surface area contributed by atoms with Gasteiger partial charge in [0.25, 0.3) is 5.56 Å². The molecule has 0 saturated carbocycles. The van der Waals surface area contributed by atoms with Gasteiger partial charge in [0.1, 0.15) is 11.5 Å². The molecule has 3 amide bonds. The molecule has 0 fully saturated rings. The number of aromatic amines is 1. The van der Waals surface area contributed by atoms with Crippen molar-refractivity contribution in [2.45, 2.75) is 46.6 Å². The van der Waals surface area contributed by atoms with Crippen molar-refractivity contribution in [1.29, 1.82) is 0 Å². The predicted molar refractivity (Wildman–Crippen MR) is 159 cm³/mol. The molecule has 0 bridgehead atoms. The van der Waals surface area contributed by atoms with Crippen molar-refractivity contribution in [1.82, 2.24) is 24.3 Å². The highest BCUT2D eigenvalue weighted by Crippen LogP contribution is 2.28. The summed E-state index contributed by atoms with van der Waals surface area (Å²) in [6.45, 7) is 6.23. The van der Waals surface area contributed by atoms with Crippen molar-refractivity contribution >= 4 is 34.5 Å². The number of fused-ring (bicyclic) bond motifs is 1. The van der Waals surface area contributed by atoms with Gasteiger partial charge in [-0.3, -0.25) is 19.0 Å². The Hall–Kier alpha value is -4.48. The smallest absolute Gasteiger partial charge is 0.407 e.